The second-order valence-electron chi connectivity index (χ2n) is 4.92. The Balaban J connectivity index is 2.35. The Kier molecular flexibility index (Phi) is 8.21. The molecule has 0 saturated carbocycles. The SMILES string of the molecule is CNC(=C[N+](=O)[O-])NCCSC(C)c1csc(CN(C)C)n1. The molecule has 1 aromatic rings. The Bertz CT molecular complexity index is 504. The van der Waals surface area contributed by atoms with E-state index in [4.69, 9.17) is 0 Å². The van der Waals surface area contributed by atoms with Crippen LogP contribution in [0.4, 0.5) is 0 Å². The number of aromatic nitrogens is 1. The van der Waals surface area contributed by atoms with E-state index in [1.807, 2.05) is 14.1 Å². The van der Waals surface area contributed by atoms with Crippen LogP contribution in [0.1, 0.15) is 22.9 Å². The van der Waals surface area contributed by atoms with Gasteiger partial charge in [-0.15, -0.1) is 11.3 Å². The average Bonchev–Trinajstić information content (AvgIpc) is 2.89. The molecule has 1 heterocycles. The van der Waals surface area contributed by atoms with Crippen LogP contribution in [0.25, 0.3) is 0 Å². The lowest BCUT2D eigenvalue weighted by Gasteiger charge is -2.11. The van der Waals surface area contributed by atoms with Crippen molar-refractivity contribution in [2.75, 3.05) is 33.4 Å². The van der Waals surface area contributed by atoms with Gasteiger partial charge in [0.2, 0.25) is 0 Å². The lowest BCUT2D eigenvalue weighted by Crippen LogP contribution is -2.26. The Morgan fingerprint density at radius 1 is 1.64 bits per heavy atom. The zero-order valence-corrected chi connectivity index (χ0v) is 15.0. The highest BCUT2D eigenvalue weighted by Crippen LogP contribution is 2.28. The van der Waals surface area contributed by atoms with Crippen LogP contribution in [0.2, 0.25) is 0 Å². The molecule has 2 N–H and O–H groups in total. The molecule has 0 aliphatic rings. The second-order valence-corrected chi connectivity index (χ2v) is 7.31. The smallest absolute Gasteiger partial charge is 0.274 e. The van der Waals surface area contributed by atoms with Gasteiger partial charge in [0.15, 0.2) is 5.82 Å². The number of hydrogen-bond donors (Lipinski definition) is 2. The lowest BCUT2D eigenvalue weighted by atomic mass is 10.4. The van der Waals surface area contributed by atoms with Gasteiger partial charge in [0.1, 0.15) is 5.01 Å². The molecule has 0 amide bonds. The summed E-state index contributed by atoms with van der Waals surface area (Å²) in [6, 6.07) is 0. The average molecular weight is 345 g/mol. The molecule has 1 aromatic heterocycles. The third-order valence-corrected chi connectivity index (χ3v) is 4.76. The lowest BCUT2D eigenvalue weighted by molar-refractivity contribution is -0.404. The minimum atomic E-state index is -0.476. The van der Waals surface area contributed by atoms with Gasteiger partial charge in [-0.1, -0.05) is 0 Å². The van der Waals surface area contributed by atoms with Gasteiger partial charge in [-0.2, -0.15) is 11.8 Å². The number of hydrogen-bond acceptors (Lipinski definition) is 8. The highest BCUT2D eigenvalue weighted by atomic mass is 32.2. The molecule has 0 bridgehead atoms. The van der Waals surface area contributed by atoms with Crippen LogP contribution >= 0.6 is 23.1 Å². The summed E-state index contributed by atoms with van der Waals surface area (Å²) in [5.74, 6) is 1.26. The predicted octanol–water partition coefficient (Wildman–Crippen LogP) is 1.88. The Morgan fingerprint density at radius 2 is 2.36 bits per heavy atom. The van der Waals surface area contributed by atoms with Crippen molar-refractivity contribution in [2.24, 2.45) is 0 Å². The number of nitrogens with one attached hydrogen (secondary N) is 2. The first-order valence-corrected chi connectivity index (χ1v) is 8.82. The van der Waals surface area contributed by atoms with E-state index in [1.54, 1.807) is 30.1 Å². The van der Waals surface area contributed by atoms with Crippen molar-refractivity contribution in [1.82, 2.24) is 20.5 Å². The zero-order valence-electron chi connectivity index (χ0n) is 13.3. The van der Waals surface area contributed by atoms with E-state index in [1.165, 1.54) is 0 Å². The normalized spacial score (nSPS) is 13.2. The van der Waals surface area contributed by atoms with E-state index in [9.17, 15) is 10.1 Å². The molecule has 1 unspecified atom stereocenters. The maximum absolute atomic E-state index is 10.4. The van der Waals surface area contributed by atoms with Gasteiger partial charge >= 0.3 is 0 Å². The van der Waals surface area contributed by atoms with E-state index < -0.39 is 4.92 Å². The molecule has 1 atom stereocenters. The number of thiazole rings is 1. The van der Waals surface area contributed by atoms with E-state index in [2.05, 4.69) is 32.8 Å². The summed E-state index contributed by atoms with van der Waals surface area (Å²) in [4.78, 5) is 16.7. The van der Waals surface area contributed by atoms with Gasteiger partial charge < -0.3 is 15.5 Å². The molecule has 22 heavy (non-hydrogen) atoms. The molecule has 0 saturated heterocycles. The summed E-state index contributed by atoms with van der Waals surface area (Å²) in [6.07, 6.45) is 0.933. The van der Waals surface area contributed by atoms with Crippen molar-refractivity contribution in [3.8, 4) is 0 Å². The number of thioether (sulfide) groups is 1. The minimum absolute atomic E-state index is 0.312. The van der Waals surface area contributed by atoms with Crippen LogP contribution in [0.15, 0.2) is 17.4 Å². The standard InChI is InChI=1S/C13H23N5O2S2/c1-10(11-9-22-13(16-11)8-17(3)4)21-6-5-15-12(14-2)7-18(19)20/h7,9-10,14-15H,5-6,8H2,1-4H3. The van der Waals surface area contributed by atoms with Gasteiger partial charge in [0.05, 0.1) is 10.6 Å². The third-order valence-electron chi connectivity index (χ3n) is 2.73. The van der Waals surface area contributed by atoms with Crippen LogP contribution in [0.5, 0.6) is 0 Å². The molecule has 0 aromatic carbocycles. The van der Waals surface area contributed by atoms with Crippen molar-refractivity contribution >= 4 is 23.1 Å². The van der Waals surface area contributed by atoms with Crippen LogP contribution < -0.4 is 10.6 Å². The van der Waals surface area contributed by atoms with E-state index in [0.717, 1.165) is 29.2 Å². The van der Waals surface area contributed by atoms with Gasteiger partial charge in [-0.25, -0.2) is 4.98 Å². The van der Waals surface area contributed by atoms with Crippen molar-refractivity contribution in [2.45, 2.75) is 18.7 Å². The number of nitro groups is 1. The van der Waals surface area contributed by atoms with E-state index in [-0.39, 0.29) is 0 Å². The topological polar surface area (TPSA) is 83.3 Å². The molecular weight excluding hydrogens is 322 g/mol. The van der Waals surface area contributed by atoms with Gasteiger partial charge in [0.25, 0.3) is 6.20 Å². The first-order chi connectivity index (χ1) is 10.4. The molecular formula is C13H23N5O2S2. The summed E-state index contributed by atoms with van der Waals surface area (Å²) >= 11 is 3.46. The first-order valence-electron chi connectivity index (χ1n) is 6.90. The second kappa shape index (κ2) is 9.65. The molecule has 0 aliphatic carbocycles. The maximum Gasteiger partial charge on any atom is 0.274 e. The fourth-order valence-electron chi connectivity index (χ4n) is 1.67. The monoisotopic (exact) mass is 345 g/mol. The quantitative estimate of drug-likeness (QED) is 0.380. The van der Waals surface area contributed by atoms with E-state index >= 15 is 0 Å². The fraction of sp³-hybridized carbons (Fsp3) is 0.615. The molecule has 0 fully saturated rings. The highest BCUT2D eigenvalue weighted by Gasteiger charge is 2.11. The minimum Gasteiger partial charge on any atom is -0.370 e. The van der Waals surface area contributed by atoms with Crippen molar-refractivity contribution in [3.63, 3.8) is 0 Å². The van der Waals surface area contributed by atoms with Crippen LogP contribution in [-0.4, -0.2) is 48.2 Å². The molecule has 9 heteroatoms. The Labute approximate surface area is 139 Å². The fourth-order valence-corrected chi connectivity index (χ4v) is 3.62. The van der Waals surface area contributed by atoms with Gasteiger partial charge in [0, 0.05) is 36.5 Å². The third kappa shape index (κ3) is 7.10. The molecule has 0 radical (unpaired) electrons. The van der Waals surface area contributed by atoms with Crippen LogP contribution in [-0.2, 0) is 6.54 Å². The van der Waals surface area contributed by atoms with E-state index in [0.29, 0.717) is 17.6 Å². The van der Waals surface area contributed by atoms with Crippen molar-refractivity contribution < 1.29 is 4.92 Å². The summed E-state index contributed by atoms with van der Waals surface area (Å²) < 4.78 is 0. The van der Waals surface area contributed by atoms with Crippen molar-refractivity contribution in [1.29, 1.82) is 0 Å². The summed E-state index contributed by atoms with van der Waals surface area (Å²) in [6.45, 7) is 3.65. The Hall–Kier alpha value is -1.32. The largest absolute Gasteiger partial charge is 0.370 e. The van der Waals surface area contributed by atoms with Crippen LogP contribution in [0, 0.1) is 10.1 Å². The van der Waals surface area contributed by atoms with Crippen LogP contribution in [0.3, 0.4) is 0 Å². The number of nitrogens with zero attached hydrogens (tertiary/aromatic N) is 3. The Morgan fingerprint density at radius 3 is 2.95 bits per heavy atom. The number of rotatable bonds is 10. The molecule has 1 rings (SSSR count). The van der Waals surface area contributed by atoms with Crippen molar-refractivity contribution in [3.05, 3.63) is 38.2 Å². The molecule has 0 aliphatic heterocycles. The molecule has 7 nitrogen and oxygen atoms in total. The summed E-state index contributed by atoms with van der Waals surface area (Å²) in [5, 5.41) is 19.7. The van der Waals surface area contributed by atoms with Gasteiger partial charge in [-0.05, 0) is 21.0 Å². The first kappa shape index (κ1) is 18.7. The summed E-state index contributed by atoms with van der Waals surface area (Å²) in [7, 11) is 5.71. The van der Waals surface area contributed by atoms with Gasteiger partial charge in [-0.3, -0.25) is 10.1 Å². The molecule has 124 valence electrons. The molecule has 0 spiro atoms. The predicted molar refractivity (Wildman–Crippen MR) is 92.5 cm³/mol. The summed E-state index contributed by atoms with van der Waals surface area (Å²) in [5.41, 5.74) is 1.10. The highest BCUT2D eigenvalue weighted by molar-refractivity contribution is 7.99. The zero-order chi connectivity index (χ0) is 16.5. The maximum atomic E-state index is 10.4.